The van der Waals surface area contributed by atoms with Gasteiger partial charge in [0.25, 0.3) is 0 Å². The highest BCUT2D eigenvalue weighted by molar-refractivity contribution is 5.74. The summed E-state index contributed by atoms with van der Waals surface area (Å²) in [7, 11) is 0. The number of nitrogens with one attached hydrogen (secondary N) is 1. The summed E-state index contributed by atoms with van der Waals surface area (Å²) in [6, 6.07) is 5.06. The van der Waals surface area contributed by atoms with Crippen molar-refractivity contribution in [2.45, 2.75) is 12.8 Å². The van der Waals surface area contributed by atoms with E-state index in [-0.39, 0.29) is 11.5 Å². The Hall–Kier alpha value is -1.58. The van der Waals surface area contributed by atoms with Gasteiger partial charge in [-0.05, 0) is 25.0 Å². The molecule has 4 heteroatoms. The van der Waals surface area contributed by atoms with Crippen LogP contribution in [0.25, 0.3) is 0 Å². The number of amides is 1. The Balaban J connectivity index is 2.30. The van der Waals surface area contributed by atoms with E-state index >= 15 is 0 Å². The van der Waals surface area contributed by atoms with E-state index < -0.39 is 0 Å². The monoisotopic (exact) mass is 208 g/mol. The lowest BCUT2D eigenvalue weighted by molar-refractivity contribution is -0.105. The fraction of sp³-hybridized carbons (Fsp3) is 0.364. The molecule has 1 N–H and O–H groups in total. The zero-order chi connectivity index (χ0) is 10.7. The van der Waals surface area contributed by atoms with Crippen LogP contribution in [0.1, 0.15) is 12.8 Å². The Morgan fingerprint density at radius 1 is 1.33 bits per heavy atom. The smallest absolute Gasteiger partial charge is 0.211 e. The van der Waals surface area contributed by atoms with Crippen molar-refractivity contribution in [1.29, 1.82) is 0 Å². The van der Waals surface area contributed by atoms with Crippen LogP contribution >= 0.6 is 0 Å². The van der Waals surface area contributed by atoms with Crippen LogP contribution in [0.15, 0.2) is 18.2 Å². The fourth-order valence-corrected chi connectivity index (χ4v) is 1.90. The van der Waals surface area contributed by atoms with Crippen LogP contribution in [0.4, 0.5) is 15.8 Å². The predicted octanol–water partition coefficient (Wildman–Crippen LogP) is 1.99. The number of rotatable bonds is 3. The van der Waals surface area contributed by atoms with Crippen molar-refractivity contribution in [3.63, 3.8) is 0 Å². The van der Waals surface area contributed by atoms with E-state index in [9.17, 15) is 9.18 Å². The Bertz CT molecular complexity index is 362. The first-order chi connectivity index (χ1) is 7.33. The predicted molar refractivity (Wildman–Crippen MR) is 57.5 cm³/mol. The van der Waals surface area contributed by atoms with Crippen LogP contribution in [0.5, 0.6) is 0 Å². The minimum atomic E-state index is -0.341. The molecule has 1 saturated heterocycles. The number of halogens is 1. The standard InChI is InChI=1S/C11H13FN2O/c12-11-9(13-8-15)4-3-5-10(11)14-6-1-2-7-14/h3-5,8H,1-2,6-7H2,(H,13,15). The summed E-state index contributed by atoms with van der Waals surface area (Å²) in [5.74, 6) is -0.341. The Labute approximate surface area is 87.9 Å². The first kappa shape index (κ1) is 9.96. The van der Waals surface area contributed by atoms with Crippen LogP contribution < -0.4 is 10.2 Å². The Kier molecular flexibility index (Phi) is 2.85. The van der Waals surface area contributed by atoms with Crippen LogP contribution in [-0.2, 0) is 4.79 Å². The van der Waals surface area contributed by atoms with Gasteiger partial charge >= 0.3 is 0 Å². The summed E-state index contributed by atoms with van der Waals surface area (Å²) in [5, 5.41) is 2.36. The van der Waals surface area contributed by atoms with Gasteiger partial charge in [-0.25, -0.2) is 4.39 Å². The molecule has 80 valence electrons. The third-order valence-electron chi connectivity index (χ3n) is 2.64. The fourth-order valence-electron chi connectivity index (χ4n) is 1.90. The second-order valence-corrected chi connectivity index (χ2v) is 3.60. The normalized spacial score (nSPS) is 15.4. The third-order valence-corrected chi connectivity index (χ3v) is 2.64. The lowest BCUT2D eigenvalue weighted by atomic mass is 10.2. The molecule has 0 aromatic heterocycles. The van der Waals surface area contributed by atoms with Gasteiger partial charge in [0, 0.05) is 13.1 Å². The van der Waals surface area contributed by atoms with Gasteiger partial charge in [0.1, 0.15) is 0 Å². The molecule has 0 unspecified atom stereocenters. The molecule has 2 rings (SSSR count). The number of nitrogens with zero attached hydrogens (tertiary/aromatic N) is 1. The molecule has 0 spiro atoms. The highest BCUT2D eigenvalue weighted by Gasteiger charge is 2.17. The average molecular weight is 208 g/mol. The molecule has 1 aliphatic heterocycles. The summed E-state index contributed by atoms with van der Waals surface area (Å²) >= 11 is 0. The first-order valence-corrected chi connectivity index (χ1v) is 5.06. The van der Waals surface area contributed by atoms with Crippen molar-refractivity contribution < 1.29 is 9.18 Å². The molecule has 1 amide bonds. The minimum absolute atomic E-state index is 0.245. The van der Waals surface area contributed by atoms with Gasteiger partial charge in [0.15, 0.2) is 5.82 Å². The molecule has 1 aliphatic rings. The summed E-state index contributed by atoms with van der Waals surface area (Å²) in [5.41, 5.74) is 0.828. The van der Waals surface area contributed by atoms with E-state index in [1.54, 1.807) is 18.2 Å². The molecule has 0 atom stereocenters. The maximum absolute atomic E-state index is 13.8. The van der Waals surface area contributed by atoms with Crippen molar-refractivity contribution >= 4 is 17.8 Å². The molecule has 1 aromatic rings. The summed E-state index contributed by atoms with van der Waals surface area (Å²) < 4.78 is 13.8. The van der Waals surface area contributed by atoms with E-state index in [1.165, 1.54) is 0 Å². The van der Waals surface area contributed by atoms with Gasteiger partial charge in [0.05, 0.1) is 11.4 Å². The van der Waals surface area contributed by atoms with Crippen molar-refractivity contribution in [1.82, 2.24) is 0 Å². The summed E-state index contributed by atoms with van der Waals surface area (Å²) in [6.45, 7) is 1.78. The van der Waals surface area contributed by atoms with Gasteiger partial charge in [-0.2, -0.15) is 0 Å². The molecule has 0 bridgehead atoms. The van der Waals surface area contributed by atoms with Gasteiger partial charge in [-0.15, -0.1) is 0 Å². The molecule has 1 heterocycles. The Morgan fingerprint density at radius 2 is 2.07 bits per heavy atom. The van der Waals surface area contributed by atoms with Crippen molar-refractivity contribution in [3.8, 4) is 0 Å². The molecule has 0 aliphatic carbocycles. The second kappa shape index (κ2) is 4.29. The number of carbonyl (C=O) groups excluding carboxylic acids is 1. The minimum Gasteiger partial charge on any atom is -0.369 e. The molecule has 1 aromatic carbocycles. The SMILES string of the molecule is O=CNc1cccc(N2CCCC2)c1F. The lowest BCUT2D eigenvalue weighted by Crippen LogP contribution is -2.19. The Morgan fingerprint density at radius 3 is 2.73 bits per heavy atom. The first-order valence-electron chi connectivity index (χ1n) is 5.06. The molecular formula is C11H13FN2O. The van der Waals surface area contributed by atoms with Gasteiger partial charge in [-0.3, -0.25) is 4.79 Å². The zero-order valence-electron chi connectivity index (χ0n) is 8.37. The van der Waals surface area contributed by atoms with Crippen LogP contribution in [0.2, 0.25) is 0 Å². The largest absolute Gasteiger partial charge is 0.369 e. The quantitative estimate of drug-likeness (QED) is 0.770. The number of carbonyl (C=O) groups is 1. The molecule has 3 nitrogen and oxygen atoms in total. The van der Waals surface area contributed by atoms with Gasteiger partial charge in [-0.1, -0.05) is 6.07 Å². The van der Waals surface area contributed by atoms with E-state index in [0.717, 1.165) is 25.9 Å². The average Bonchev–Trinajstić information content (AvgIpc) is 2.74. The second-order valence-electron chi connectivity index (χ2n) is 3.60. The molecule has 1 fully saturated rings. The maximum atomic E-state index is 13.8. The molecule has 0 radical (unpaired) electrons. The zero-order valence-corrected chi connectivity index (χ0v) is 8.37. The highest BCUT2D eigenvalue weighted by atomic mass is 19.1. The highest BCUT2D eigenvalue weighted by Crippen LogP contribution is 2.27. The van der Waals surface area contributed by atoms with E-state index in [1.807, 2.05) is 4.90 Å². The molecule has 15 heavy (non-hydrogen) atoms. The van der Waals surface area contributed by atoms with E-state index in [2.05, 4.69) is 5.32 Å². The van der Waals surface area contributed by atoms with Crippen molar-refractivity contribution in [3.05, 3.63) is 24.0 Å². The van der Waals surface area contributed by atoms with Crippen LogP contribution in [-0.4, -0.2) is 19.5 Å². The summed E-state index contributed by atoms with van der Waals surface area (Å²) in [4.78, 5) is 12.3. The summed E-state index contributed by atoms with van der Waals surface area (Å²) in [6.07, 6.45) is 2.70. The number of benzene rings is 1. The van der Waals surface area contributed by atoms with Gasteiger partial charge < -0.3 is 10.2 Å². The molecular weight excluding hydrogens is 195 g/mol. The van der Waals surface area contributed by atoms with E-state index in [0.29, 0.717) is 12.1 Å². The maximum Gasteiger partial charge on any atom is 0.211 e. The van der Waals surface area contributed by atoms with Gasteiger partial charge in [0.2, 0.25) is 6.41 Å². The number of hydrogen-bond donors (Lipinski definition) is 1. The number of hydrogen-bond acceptors (Lipinski definition) is 2. The number of anilines is 2. The van der Waals surface area contributed by atoms with Crippen LogP contribution in [0, 0.1) is 5.82 Å². The molecule has 0 saturated carbocycles. The lowest BCUT2D eigenvalue weighted by Gasteiger charge is -2.19. The third kappa shape index (κ3) is 1.93. The van der Waals surface area contributed by atoms with Crippen LogP contribution in [0.3, 0.4) is 0 Å². The van der Waals surface area contributed by atoms with E-state index in [4.69, 9.17) is 0 Å². The van der Waals surface area contributed by atoms with Crippen molar-refractivity contribution in [2.75, 3.05) is 23.3 Å². The topological polar surface area (TPSA) is 32.3 Å². The van der Waals surface area contributed by atoms with Crippen molar-refractivity contribution in [2.24, 2.45) is 0 Å².